The monoisotopic (exact) mass is 412 g/mol. The quantitative estimate of drug-likeness (QED) is 0.460. The Morgan fingerprint density at radius 3 is 2.48 bits per heavy atom. The topological polar surface area (TPSA) is 76.0 Å². The number of ketones is 1. The highest BCUT2D eigenvalue weighted by molar-refractivity contribution is 6.02. The van der Waals surface area contributed by atoms with E-state index in [1.54, 1.807) is 30.3 Å². The number of hydrogen-bond donors (Lipinski definition) is 2. The molecule has 0 saturated heterocycles. The van der Waals surface area contributed by atoms with Crippen LogP contribution in [0, 0.1) is 0 Å². The van der Waals surface area contributed by atoms with E-state index in [2.05, 4.69) is 12.1 Å². The average Bonchev–Trinajstić information content (AvgIpc) is 2.77. The van der Waals surface area contributed by atoms with Gasteiger partial charge in [0.2, 0.25) is 0 Å². The normalized spacial score (nSPS) is 15.4. The molecule has 0 amide bonds. The number of fused-ring (bicyclic) bond motifs is 2. The number of rotatable bonds is 4. The van der Waals surface area contributed by atoms with Gasteiger partial charge in [-0.1, -0.05) is 48.5 Å². The van der Waals surface area contributed by atoms with Gasteiger partial charge in [0.05, 0.1) is 6.42 Å². The Labute approximate surface area is 179 Å². The number of aromatic hydroxyl groups is 2. The zero-order valence-electron chi connectivity index (χ0n) is 16.6. The molecule has 0 fully saturated rings. The zero-order chi connectivity index (χ0) is 21.4. The average molecular weight is 412 g/mol. The molecule has 1 heterocycles. The predicted molar refractivity (Wildman–Crippen MR) is 117 cm³/mol. The minimum absolute atomic E-state index is 0.114. The first-order valence-electron chi connectivity index (χ1n) is 10.0. The highest BCUT2D eigenvalue weighted by Gasteiger charge is 2.31. The number of benzene rings is 4. The Hall–Kier alpha value is -3.99. The summed E-state index contributed by atoms with van der Waals surface area (Å²) < 4.78 is 11.9. The summed E-state index contributed by atoms with van der Waals surface area (Å²) in [6, 6.07) is 23.8. The van der Waals surface area contributed by atoms with Gasteiger partial charge in [-0.05, 0) is 40.1 Å². The number of carbonyl (C=O) groups is 1. The fourth-order valence-electron chi connectivity index (χ4n) is 3.87. The predicted octanol–water partition coefficient (Wildman–Crippen LogP) is 5.54. The standard InChI is InChI=1S/C26H20O5/c27-20-9-7-18(8-10-20)24-14-23(29)26-22(28)12-21(13-25(26)31-24)30-15-16-5-6-17-3-1-2-4-19(17)11-16/h1-13,24,27-28H,14-15H2. The molecule has 4 aromatic rings. The Bertz CT molecular complexity index is 1280. The van der Waals surface area contributed by atoms with Gasteiger partial charge in [-0.15, -0.1) is 0 Å². The van der Waals surface area contributed by atoms with Crippen LogP contribution in [0.25, 0.3) is 10.8 Å². The van der Waals surface area contributed by atoms with Gasteiger partial charge in [0, 0.05) is 12.1 Å². The summed E-state index contributed by atoms with van der Waals surface area (Å²) in [6.45, 7) is 0.318. The third kappa shape index (κ3) is 3.78. The Morgan fingerprint density at radius 2 is 1.68 bits per heavy atom. The molecule has 0 saturated carbocycles. The van der Waals surface area contributed by atoms with E-state index in [0.29, 0.717) is 18.1 Å². The first-order chi connectivity index (χ1) is 15.1. The van der Waals surface area contributed by atoms with Crippen LogP contribution in [0.3, 0.4) is 0 Å². The molecular weight excluding hydrogens is 392 g/mol. The molecule has 0 aromatic heterocycles. The summed E-state index contributed by atoms with van der Waals surface area (Å²) in [5, 5.41) is 22.2. The first-order valence-corrected chi connectivity index (χ1v) is 10.0. The van der Waals surface area contributed by atoms with Crippen molar-refractivity contribution >= 4 is 16.6 Å². The van der Waals surface area contributed by atoms with E-state index in [1.165, 1.54) is 6.07 Å². The van der Waals surface area contributed by atoms with Gasteiger partial charge in [-0.2, -0.15) is 0 Å². The molecule has 0 radical (unpaired) electrons. The van der Waals surface area contributed by atoms with E-state index in [0.717, 1.165) is 21.9 Å². The number of Topliss-reactive ketones (excluding diaryl/α,β-unsaturated/α-hetero) is 1. The van der Waals surface area contributed by atoms with Gasteiger partial charge in [0.1, 0.15) is 41.3 Å². The van der Waals surface area contributed by atoms with Crippen molar-refractivity contribution in [2.24, 2.45) is 0 Å². The van der Waals surface area contributed by atoms with Gasteiger partial charge in [-0.3, -0.25) is 4.79 Å². The molecule has 1 unspecified atom stereocenters. The minimum atomic E-state index is -0.490. The number of ether oxygens (including phenoxy) is 2. The van der Waals surface area contributed by atoms with Crippen LogP contribution >= 0.6 is 0 Å². The van der Waals surface area contributed by atoms with Gasteiger partial charge in [-0.25, -0.2) is 0 Å². The molecule has 1 aliphatic heterocycles. The van der Waals surface area contributed by atoms with E-state index in [1.807, 2.05) is 30.3 Å². The molecule has 4 aromatic carbocycles. The number of hydrogen-bond acceptors (Lipinski definition) is 5. The van der Waals surface area contributed by atoms with E-state index >= 15 is 0 Å². The van der Waals surface area contributed by atoms with Crippen LogP contribution in [0.2, 0.25) is 0 Å². The van der Waals surface area contributed by atoms with Gasteiger partial charge >= 0.3 is 0 Å². The lowest BCUT2D eigenvalue weighted by atomic mass is 9.95. The van der Waals surface area contributed by atoms with Crippen LogP contribution in [0.4, 0.5) is 0 Å². The molecule has 5 heteroatoms. The molecule has 5 rings (SSSR count). The Balaban J connectivity index is 1.38. The van der Waals surface area contributed by atoms with Gasteiger partial charge in [0.15, 0.2) is 5.78 Å². The van der Waals surface area contributed by atoms with Crippen LogP contribution in [0.5, 0.6) is 23.0 Å². The summed E-state index contributed by atoms with van der Waals surface area (Å²) >= 11 is 0. The SMILES string of the molecule is O=C1CC(c2ccc(O)cc2)Oc2cc(OCc3ccc4ccccc4c3)cc(O)c21. The largest absolute Gasteiger partial charge is 0.508 e. The van der Waals surface area contributed by atoms with E-state index < -0.39 is 6.10 Å². The van der Waals surface area contributed by atoms with Gasteiger partial charge < -0.3 is 19.7 Å². The highest BCUT2D eigenvalue weighted by atomic mass is 16.5. The van der Waals surface area contributed by atoms with E-state index in [9.17, 15) is 15.0 Å². The summed E-state index contributed by atoms with van der Waals surface area (Å²) in [6.07, 6.45) is -0.376. The second-order valence-electron chi connectivity index (χ2n) is 7.61. The van der Waals surface area contributed by atoms with Crippen molar-refractivity contribution in [3.05, 3.63) is 95.6 Å². The molecule has 1 atom stereocenters. The molecule has 0 bridgehead atoms. The van der Waals surface area contributed by atoms with Crippen molar-refractivity contribution in [2.45, 2.75) is 19.1 Å². The van der Waals surface area contributed by atoms with Gasteiger partial charge in [0.25, 0.3) is 0 Å². The van der Waals surface area contributed by atoms with E-state index in [-0.39, 0.29) is 29.3 Å². The van der Waals surface area contributed by atoms with E-state index in [4.69, 9.17) is 9.47 Å². The lowest BCUT2D eigenvalue weighted by molar-refractivity contribution is 0.0844. The van der Waals surface area contributed by atoms with Crippen molar-refractivity contribution in [2.75, 3.05) is 0 Å². The van der Waals surface area contributed by atoms with Crippen molar-refractivity contribution in [3.8, 4) is 23.0 Å². The summed E-state index contributed by atoms with van der Waals surface area (Å²) in [5.41, 5.74) is 1.95. The van der Waals surface area contributed by atoms with Crippen LogP contribution < -0.4 is 9.47 Å². The van der Waals surface area contributed by atoms with Crippen molar-refractivity contribution in [1.29, 1.82) is 0 Å². The minimum Gasteiger partial charge on any atom is -0.508 e. The maximum absolute atomic E-state index is 12.6. The fourth-order valence-corrected chi connectivity index (χ4v) is 3.87. The van der Waals surface area contributed by atoms with Crippen LogP contribution in [-0.2, 0) is 6.61 Å². The highest BCUT2D eigenvalue weighted by Crippen LogP contribution is 2.42. The maximum Gasteiger partial charge on any atom is 0.174 e. The third-order valence-electron chi connectivity index (χ3n) is 5.46. The molecular formula is C26H20O5. The second kappa shape index (κ2) is 7.69. The summed E-state index contributed by atoms with van der Waals surface area (Å²) in [4.78, 5) is 12.6. The molecule has 31 heavy (non-hydrogen) atoms. The number of carbonyl (C=O) groups excluding carboxylic acids is 1. The molecule has 5 nitrogen and oxygen atoms in total. The molecule has 154 valence electrons. The van der Waals surface area contributed by atoms with Crippen molar-refractivity contribution in [3.63, 3.8) is 0 Å². The smallest absolute Gasteiger partial charge is 0.174 e. The summed E-state index contributed by atoms with van der Waals surface area (Å²) in [7, 11) is 0. The van der Waals surface area contributed by atoms with Crippen molar-refractivity contribution < 1.29 is 24.5 Å². The number of phenolic OH excluding ortho intramolecular Hbond substituents is 2. The molecule has 2 N–H and O–H groups in total. The maximum atomic E-state index is 12.6. The second-order valence-corrected chi connectivity index (χ2v) is 7.61. The van der Waals surface area contributed by atoms with Crippen LogP contribution in [-0.4, -0.2) is 16.0 Å². The fraction of sp³-hybridized carbons (Fsp3) is 0.115. The van der Waals surface area contributed by atoms with Crippen molar-refractivity contribution in [1.82, 2.24) is 0 Å². The molecule has 0 spiro atoms. The van der Waals surface area contributed by atoms with Crippen LogP contribution in [0.1, 0.15) is 34.0 Å². The third-order valence-corrected chi connectivity index (χ3v) is 5.46. The Morgan fingerprint density at radius 1 is 0.903 bits per heavy atom. The zero-order valence-corrected chi connectivity index (χ0v) is 16.6. The van der Waals surface area contributed by atoms with Crippen LogP contribution in [0.15, 0.2) is 78.9 Å². The number of phenols is 2. The molecule has 1 aliphatic rings. The molecule has 0 aliphatic carbocycles. The lowest BCUT2D eigenvalue weighted by Gasteiger charge is -2.26. The first kappa shape index (κ1) is 19.0. The lowest BCUT2D eigenvalue weighted by Crippen LogP contribution is -2.20. The summed E-state index contributed by atoms with van der Waals surface area (Å²) in [5.74, 6) is 0.512. The Kier molecular flexibility index (Phi) is 4.71.